The van der Waals surface area contributed by atoms with Crippen LogP contribution in [0.25, 0.3) is 21.8 Å². The minimum absolute atomic E-state index is 0.0452. The second-order valence-corrected chi connectivity index (χ2v) is 12.6. The van der Waals surface area contributed by atoms with E-state index < -0.39 is 11.8 Å². The number of hydrogen-bond acceptors (Lipinski definition) is 7. The molecule has 0 bridgehead atoms. The minimum atomic E-state index is -0.598. The lowest BCUT2D eigenvalue weighted by Crippen LogP contribution is -2.25. The lowest BCUT2D eigenvalue weighted by atomic mass is 9.97. The van der Waals surface area contributed by atoms with E-state index in [1.807, 2.05) is 64.1 Å². The first-order valence-electron chi connectivity index (χ1n) is 15.8. The number of rotatable bonds is 12. The van der Waals surface area contributed by atoms with Crippen LogP contribution in [0.5, 0.6) is 5.75 Å². The molecule has 0 saturated carbocycles. The molecule has 5 rings (SSSR count). The van der Waals surface area contributed by atoms with Crippen LogP contribution < -0.4 is 4.74 Å². The van der Waals surface area contributed by atoms with E-state index in [1.165, 1.54) is 19.8 Å². The molecule has 0 N–H and O–H groups in total. The molecule has 8 nitrogen and oxygen atoms in total. The van der Waals surface area contributed by atoms with Gasteiger partial charge in [0, 0.05) is 46.4 Å². The maximum atomic E-state index is 13.9. The van der Waals surface area contributed by atoms with Gasteiger partial charge in [-0.25, -0.2) is 4.79 Å². The zero-order chi connectivity index (χ0) is 32.3. The van der Waals surface area contributed by atoms with Crippen molar-refractivity contribution in [3.8, 4) is 5.75 Å². The normalized spacial score (nSPS) is 17.1. The lowest BCUT2D eigenvalue weighted by Gasteiger charge is -2.17. The summed E-state index contributed by atoms with van der Waals surface area (Å²) in [7, 11) is 0. The third-order valence-electron chi connectivity index (χ3n) is 8.35. The number of fused-ring (bicyclic) bond motifs is 3. The van der Waals surface area contributed by atoms with Gasteiger partial charge in [-0.15, -0.1) is 0 Å². The van der Waals surface area contributed by atoms with Crippen LogP contribution in [0.1, 0.15) is 87.9 Å². The summed E-state index contributed by atoms with van der Waals surface area (Å²) in [5, 5.41) is 6.02. The summed E-state index contributed by atoms with van der Waals surface area (Å²) in [6.45, 7) is 15.1. The Hall–Kier alpha value is -4.01. The van der Waals surface area contributed by atoms with Crippen molar-refractivity contribution in [3.63, 3.8) is 0 Å². The van der Waals surface area contributed by atoms with E-state index in [-0.39, 0.29) is 11.9 Å². The highest BCUT2D eigenvalue weighted by Gasteiger charge is 2.33. The summed E-state index contributed by atoms with van der Waals surface area (Å²) < 4.78 is 19.8. The van der Waals surface area contributed by atoms with Crippen LogP contribution >= 0.6 is 0 Å². The molecule has 1 fully saturated rings. The van der Waals surface area contributed by atoms with Gasteiger partial charge in [-0.05, 0) is 99.7 Å². The molecule has 1 aromatic heterocycles. The average Bonchev–Trinajstić information content (AvgIpc) is 3.52. The number of carbonyl (C=O) groups excluding carboxylic acids is 2. The van der Waals surface area contributed by atoms with Crippen molar-refractivity contribution >= 4 is 39.3 Å². The van der Waals surface area contributed by atoms with Gasteiger partial charge < -0.3 is 23.6 Å². The monoisotopic (exact) mass is 612 g/mol. The Morgan fingerprint density at radius 1 is 1.02 bits per heavy atom. The minimum Gasteiger partial charge on any atom is -0.491 e. The van der Waals surface area contributed by atoms with E-state index in [9.17, 15) is 9.59 Å². The van der Waals surface area contributed by atoms with Crippen LogP contribution in [-0.2, 0) is 25.7 Å². The van der Waals surface area contributed by atoms with E-state index in [0.29, 0.717) is 41.7 Å². The van der Waals surface area contributed by atoms with Gasteiger partial charge in [-0.3, -0.25) is 4.79 Å². The molecule has 0 amide bonds. The highest BCUT2D eigenvalue weighted by atomic mass is 16.7. The zero-order valence-electron chi connectivity index (χ0n) is 27.4. The van der Waals surface area contributed by atoms with Crippen LogP contribution in [-0.4, -0.2) is 47.1 Å². The van der Waals surface area contributed by atoms with Crippen molar-refractivity contribution in [2.45, 2.75) is 86.2 Å². The fourth-order valence-corrected chi connectivity index (χ4v) is 5.98. The van der Waals surface area contributed by atoms with Gasteiger partial charge in [0.05, 0.1) is 12.3 Å². The van der Waals surface area contributed by atoms with E-state index in [4.69, 9.17) is 19.0 Å². The highest BCUT2D eigenvalue weighted by Crippen LogP contribution is 2.33. The van der Waals surface area contributed by atoms with Gasteiger partial charge in [0.2, 0.25) is 0 Å². The first-order valence-corrected chi connectivity index (χ1v) is 15.8. The molecule has 2 heterocycles. The highest BCUT2D eigenvalue weighted by molar-refractivity contribution is 6.16. The van der Waals surface area contributed by atoms with Crippen molar-refractivity contribution < 1.29 is 28.6 Å². The van der Waals surface area contributed by atoms with Gasteiger partial charge in [-0.1, -0.05) is 37.9 Å². The van der Waals surface area contributed by atoms with Crippen molar-refractivity contribution in [3.05, 3.63) is 76.9 Å². The molecule has 238 valence electrons. The molecular weight excluding hydrogens is 568 g/mol. The molecule has 0 radical (unpaired) electrons. The van der Waals surface area contributed by atoms with Crippen LogP contribution in [0.2, 0.25) is 0 Å². The largest absolute Gasteiger partial charge is 0.491 e. The number of aromatic nitrogens is 1. The Bertz CT molecular complexity index is 1750. The number of unbranched alkanes of at least 4 members (excludes halogenated alkanes) is 1. The third-order valence-corrected chi connectivity index (χ3v) is 8.35. The summed E-state index contributed by atoms with van der Waals surface area (Å²) in [6.07, 6.45) is 3.38. The van der Waals surface area contributed by atoms with Crippen LogP contribution in [0.4, 0.5) is 0 Å². The predicted molar refractivity (Wildman–Crippen MR) is 177 cm³/mol. The first-order chi connectivity index (χ1) is 21.5. The van der Waals surface area contributed by atoms with E-state index in [0.717, 1.165) is 45.9 Å². The summed E-state index contributed by atoms with van der Waals surface area (Å²) in [4.78, 5) is 30.1. The van der Waals surface area contributed by atoms with E-state index in [2.05, 4.69) is 41.8 Å². The van der Waals surface area contributed by atoms with Crippen LogP contribution in [0.15, 0.2) is 59.8 Å². The number of carbonyl (C=O) groups is 2. The number of benzene rings is 3. The lowest BCUT2D eigenvalue weighted by molar-refractivity contribution is -0.141. The Morgan fingerprint density at radius 2 is 1.71 bits per heavy atom. The van der Waals surface area contributed by atoms with Gasteiger partial charge in [0.15, 0.2) is 11.6 Å². The Labute approximate surface area is 265 Å². The smallest absolute Gasteiger partial charge is 0.331 e. The fraction of sp³-hybridized carbons (Fsp3) is 0.432. The summed E-state index contributed by atoms with van der Waals surface area (Å²) >= 11 is 0. The predicted octanol–water partition coefficient (Wildman–Crippen LogP) is 7.98. The SMILES string of the molecule is CCCCC(C)Cn1c2ccc(C(=O)c3ccc(OCC4COC(C)(C)O4)cc3C)cc2c2cc(/C(C)=N/OC(C)=O)ccc21. The van der Waals surface area contributed by atoms with Crippen LogP contribution in [0.3, 0.4) is 0 Å². The molecule has 0 spiro atoms. The molecule has 1 saturated heterocycles. The molecule has 4 aromatic rings. The van der Waals surface area contributed by atoms with Crippen molar-refractivity contribution in [1.82, 2.24) is 4.57 Å². The molecule has 2 unspecified atom stereocenters. The van der Waals surface area contributed by atoms with Crippen LogP contribution in [0, 0.1) is 12.8 Å². The Balaban J connectivity index is 1.47. The molecule has 3 aromatic carbocycles. The maximum absolute atomic E-state index is 13.9. The molecule has 2 atom stereocenters. The van der Waals surface area contributed by atoms with Gasteiger partial charge in [0.25, 0.3) is 0 Å². The zero-order valence-corrected chi connectivity index (χ0v) is 27.4. The molecule has 1 aliphatic heterocycles. The van der Waals surface area contributed by atoms with Gasteiger partial charge in [-0.2, -0.15) is 0 Å². The summed E-state index contributed by atoms with van der Waals surface area (Å²) in [5.41, 5.74) is 5.72. The van der Waals surface area contributed by atoms with E-state index in [1.54, 1.807) is 0 Å². The topological polar surface area (TPSA) is 88.3 Å². The second-order valence-electron chi connectivity index (χ2n) is 12.6. The first kappa shape index (κ1) is 32.4. The number of oxime groups is 1. The van der Waals surface area contributed by atoms with Crippen molar-refractivity contribution in [2.75, 3.05) is 13.2 Å². The maximum Gasteiger partial charge on any atom is 0.331 e. The molecule has 0 aliphatic carbocycles. The summed E-state index contributed by atoms with van der Waals surface area (Å²) in [5.74, 6) is 0.0774. The third kappa shape index (κ3) is 7.45. The summed E-state index contributed by atoms with van der Waals surface area (Å²) in [6, 6.07) is 17.7. The average molecular weight is 613 g/mol. The Morgan fingerprint density at radius 3 is 2.33 bits per heavy atom. The molecular formula is C37H44N2O6. The van der Waals surface area contributed by atoms with Crippen molar-refractivity contribution in [1.29, 1.82) is 0 Å². The number of nitrogens with zero attached hydrogens (tertiary/aromatic N) is 2. The number of ketones is 1. The molecule has 8 heteroatoms. The fourth-order valence-electron chi connectivity index (χ4n) is 5.98. The number of hydrogen-bond donors (Lipinski definition) is 0. The Kier molecular flexibility index (Phi) is 9.75. The molecule has 1 aliphatic rings. The number of aryl methyl sites for hydroxylation is 1. The standard InChI is InChI=1S/C37H44N2O6/c1-8-9-10-23(2)20-39-34-15-11-27(25(4)38-45-26(5)40)18-32(34)33-19-28(12-16-35(33)39)36(41)31-14-13-29(17-24(31)3)42-21-30-22-43-37(6,7)44-30/h11-19,23,30H,8-10,20-22H2,1-7H3/b38-25+. The number of ether oxygens (including phenoxy) is 3. The van der Waals surface area contributed by atoms with Gasteiger partial charge >= 0.3 is 5.97 Å². The van der Waals surface area contributed by atoms with E-state index >= 15 is 0 Å². The van der Waals surface area contributed by atoms with Gasteiger partial charge in [0.1, 0.15) is 18.5 Å². The molecule has 45 heavy (non-hydrogen) atoms. The second kappa shape index (κ2) is 13.5. The van der Waals surface area contributed by atoms with Crippen molar-refractivity contribution in [2.24, 2.45) is 11.1 Å². The quantitative estimate of drug-likeness (QED) is 0.0698.